The molecule has 1 N–H and O–H groups in total. The Kier molecular flexibility index (Phi) is 4.59. The van der Waals surface area contributed by atoms with Gasteiger partial charge in [-0.05, 0) is 49.5 Å². The number of likely N-dealkylation sites (tertiary alicyclic amines) is 1. The van der Waals surface area contributed by atoms with Crippen molar-refractivity contribution in [3.05, 3.63) is 64.1 Å². The van der Waals surface area contributed by atoms with E-state index in [-0.39, 0.29) is 11.3 Å². The van der Waals surface area contributed by atoms with Gasteiger partial charge in [-0.1, -0.05) is 24.3 Å². The molecule has 1 saturated heterocycles. The van der Waals surface area contributed by atoms with Crippen molar-refractivity contribution in [1.29, 1.82) is 0 Å². The number of hydrogen-bond donors (Lipinski definition) is 1. The molecule has 2 heterocycles. The number of aromatic nitrogens is 1. The van der Waals surface area contributed by atoms with Gasteiger partial charge in [0.2, 0.25) is 0 Å². The van der Waals surface area contributed by atoms with Crippen LogP contribution in [0.4, 0.5) is 0 Å². The van der Waals surface area contributed by atoms with E-state index in [1.54, 1.807) is 16.8 Å². The summed E-state index contributed by atoms with van der Waals surface area (Å²) in [6, 6.07) is 11.5. The maximum absolute atomic E-state index is 11.7. The van der Waals surface area contributed by atoms with E-state index in [2.05, 4.69) is 29.2 Å². The SMILES string of the molecule is O=c1cc(O)ccn1CCc1ccc(CN2CCCC2)cc1. The van der Waals surface area contributed by atoms with Gasteiger partial charge < -0.3 is 9.67 Å². The highest BCUT2D eigenvalue weighted by molar-refractivity contribution is 5.23. The van der Waals surface area contributed by atoms with Crippen molar-refractivity contribution in [1.82, 2.24) is 9.47 Å². The standard InChI is InChI=1S/C18H22N2O2/c21-17-8-12-20(18(22)13-17)11-7-15-3-5-16(6-4-15)14-19-9-1-2-10-19/h3-6,8,12-13,21H,1-2,7,9-11,14H2. The Balaban J connectivity index is 1.57. The molecule has 2 aromatic rings. The summed E-state index contributed by atoms with van der Waals surface area (Å²) >= 11 is 0. The molecule has 1 aliphatic heterocycles. The lowest BCUT2D eigenvalue weighted by molar-refractivity contribution is 0.331. The molecule has 0 saturated carbocycles. The number of nitrogens with zero attached hydrogens (tertiary/aromatic N) is 2. The number of aromatic hydroxyl groups is 1. The second-order valence-electron chi connectivity index (χ2n) is 5.97. The third kappa shape index (κ3) is 3.77. The van der Waals surface area contributed by atoms with Crippen LogP contribution < -0.4 is 5.56 Å². The topological polar surface area (TPSA) is 45.5 Å². The van der Waals surface area contributed by atoms with Crippen molar-refractivity contribution in [2.75, 3.05) is 13.1 Å². The minimum Gasteiger partial charge on any atom is -0.508 e. The average molecular weight is 298 g/mol. The monoisotopic (exact) mass is 298 g/mol. The fourth-order valence-corrected chi connectivity index (χ4v) is 2.94. The number of benzene rings is 1. The summed E-state index contributed by atoms with van der Waals surface area (Å²) < 4.78 is 1.62. The van der Waals surface area contributed by atoms with E-state index >= 15 is 0 Å². The van der Waals surface area contributed by atoms with Crippen molar-refractivity contribution in [3.8, 4) is 5.75 Å². The maximum Gasteiger partial charge on any atom is 0.254 e. The fraction of sp³-hybridized carbons (Fsp3) is 0.389. The molecular formula is C18H22N2O2. The lowest BCUT2D eigenvalue weighted by atomic mass is 10.1. The number of pyridine rings is 1. The molecule has 3 rings (SSSR count). The smallest absolute Gasteiger partial charge is 0.254 e. The van der Waals surface area contributed by atoms with Crippen LogP contribution in [-0.4, -0.2) is 27.7 Å². The molecule has 0 atom stereocenters. The third-order valence-electron chi connectivity index (χ3n) is 4.25. The van der Waals surface area contributed by atoms with Crippen LogP contribution in [0.3, 0.4) is 0 Å². The molecule has 0 bridgehead atoms. The summed E-state index contributed by atoms with van der Waals surface area (Å²) in [6.07, 6.45) is 5.09. The maximum atomic E-state index is 11.7. The Morgan fingerprint density at radius 3 is 2.36 bits per heavy atom. The molecule has 0 aliphatic carbocycles. The van der Waals surface area contributed by atoms with Crippen molar-refractivity contribution in [2.45, 2.75) is 32.4 Å². The fourth-order valence-electron chi connectivity index (χ4n) is 2.94. The van der Waals surface area contributed by atoms with Gasteiger partial charge in [0.05, 0.1) is 0 Å². The van der Waals surface area contributed by atoms with Crippen LogP contribution in [0.15, 0.2) is 47.4 Å². The molecule has 4 heteroatoms. The summed E-state index contributed by atoms with van der Waals surface area (Å²) in [5.41, 5.74) is 2.42. The summed E-state index contributed by atoms with van der Waals surface area (Å²) in [5, 5.41) is 9.25. The van der Waals surface area contributed by atoms with Crippen LogP contribution in [0.25, 0.3) is 0 Å². The third-order valence-corrected chi connectivity index (χ3v) is 4.25. The quantitative estimate of drug-likeness (QED) is 0.922. The zero-order valence-corrected chi connectivity index (χ0v) is 12.7. The Hall–Kier alpha value is -2.07. The summed E-state index contributed by atoms with van der Waals surface area (Å²) in [6.45, 7) is 4.10. The van der Waals surface area contributed by atoms with E-state index in [1.807, 2.05) is 0 Å². The molecule has 0 unspecified atom stereocenters. The van der Waals surface area contributed by atoms with Gasteiger partial charge in [-0.3, -0.25) is 9.69 Å². The Labute approximate surface area is 130 Å². The van der Waals surface area contributed by atoms with Crippen LogP contribution in [0.2, 0.25) is 0 Å². The van der Waals surface area contributed by atoms with E-state index in [1.165, 1.54) is 43.1 Å². The Morgan fingerprint density at radius 2 is 1.68 bits per heavy atom. The van der Waals surface area contributed by atoms with Crippen molar-refractivity contribution in [3.63, 3.8) is 0 Å². The predicted molar refractivity (Wildman–Crippen MR) is 87.0 cm³/mol. The Bertz CT molecular complexity index is 670. The normalized spacial score (nSPS) is 15.3. The van der Waals surface area contributed by atoms with Gasteiger partial charge in [0.15, 0.2) is 0 Å². The second-order valence-corrected chi connectivity index (χ2v) is 5.97. The Morgan fingerprint density at radius 1 is 1.00 bits per heavy atom. The molecule has 0 spiro atoms. The highest BCUT2D eigenvalue weighted by Crippen LogP contribution is 2.13. The lowest BCUT2D eigenvalue weighted by Crippen LogP contribution is -2.19. The van der Waals surface area contributed by atoms with Crippen LogP contribution in [-0.2, 0) is 19.5 Å². The van der Waals surface area contributed by atoms with Crippen molar-refractivity contribution < 1.29 is 5.11 Å². The van der Waals surface area contributed by atoms with E-state index in [0.29, 0.717) is 6.54 Å². The van der Waals surface area contributed by atoms with Crippen LogP contribution >= 0.6 is 0 Å². The van der Waals surface area contributed by atoms with Gasteiger partial charge in [0.25, 0.3) is 5.56 Å². The van der Waals surface area contributed by atoms with Crippen molar-refractivity contribution >= 4 is 0 Å². The van der Waals surface area contributed by atoms with E-state index in [0.717, 1.165) is 13.0 Å². The van der Waals surface area contributed by atoms with Gasteiger partial charge in [0, 0.05) is 25.4 Å². The molecule has 1 aromatic heterocycles. The summed E-state index contributed by atoms with van der Waals surface area (Å²) in [7, 11) is 0. The van der Waals surface area contributed by atoms with E-state index in [9.17, 15) is 9.90 Å². The number of rotatable bonds is 5. The first-order chi connectivity index (χ1) is 10.7. The van der Waals surface area contributed by atoms with Crippen LogP contribution in [0.5, 0.6) is 5.75 Å². The first-order valence-corrected chi connectivity index (χ1v) is 7.90. The highest BCUT2D eigenvalue weighted by atomic mass is 16.3. The molecule has 1 aromatic carbocycles. The minimum absolute atomic E-state index is 0.0208. The van der Waals surface area contributed by atoms with Gasteiger partial charge in [-0.2, -0.15) is 0 Å². The molecular weight excluding hydrogens is 276 g/mol. The molecule has 1 aliphatic rings. The summed E-state index contributed by atoms with van der Waals surface area (Å²) in [4.78, 5) is 14.2. The lowest BCUT2D eigenvalue weighted by Gasteiger charge is -2.14. The van der Waals surface area contributed by atoms with E-state index < -0.39 is 0 Å². The van der Waals surface area contributed by atoms with Gasteiger partial charge in [-0.25, -0.2) is 0 Å². The first-order valence-electron chi connectivity index (χ1n) is 7.90. The zero-order chi connectivity index (χ0) is 15.4. The van der Waals surface area contributed by atoms with Crippen LogP contribution in [0, 0.1) is 0 Å². The average Bonchev–Trinajstić information content (AvgIpc) is 3.01. The number of hydrogen-bond acceptors (Lipinski definition) is 3. The van der Waals surface area contributed by atoms with Crippen LogP contribution in [0.1, 0.15) is 24.0 Å². The largest absolute Gasteiger partial charge is 0.508 e. The molecule has 116 valence electrons. The van der Waals surface area contributed by atoms with Gasteiger partial charge in [-0.15, -0.1) is 0 Å². The van der Waals surface area contributed by atoms with Gasteiger partial charge >= 0.3 is 0 Å². The number of aryl methyl sites for hydroxylation is 2. The predicted octanol–water partition coefficient (Wildman–Crippen LogP) is 2.39. The molecule has 4 nitrogen and oxygen atoms in total. The van der Waals surface area contributed by atoms with Gasteiger partial charge in [0.1, 0.15) is 5.75 Å². The molecule has 22 heavy (non-hydrogen) atoms. The van der Waals surface area contributed by atoms with Crippen molar-refractivity contribution in [2.24, 2.45) is 0 Å². The highest BCUT2D eigenvalue weighted by Gasteiger charge is 2.11. The minimum atomic E-state index is -0.161. The molecule has 0 radical (unpaired) electrons. The van der Waals surface area contributed by atoms with E-state index in [4.69, 9.17) is 0 Å². The molecule has 1 fully saturated rings. The summed E-state index contributed by atoms with van der Waals surface area (Å²) in [5.74, 6) is 0.0208. The zero-order valence-electron chi connectivity index (χ0n) is 12.7. The molecule has 0 amide bonds. The second kappa shape index (κ2) is 6.79. The first kappa shape index (κ1) is 14.9.